The maximum absolute atomic E-state index is 5.38. The van der Waals surface area contributed by atoms with Crippen LogP contribution in [0.4, 0.5) is 0 Å². The molecule has 0 bridgehead atoms. The lowest BCUT2D eigenvalue weighted by atomic mass is 10.0. The van der Waals surface area contributed by atoms with Crippen molar-refractivity contribution in [2.75, 3.05) is 6.54 Å². The van der Waals surface area contributed by atoms with Gasteiger partial charge in [-0.15, -0.1) is 0 Å². The molecule has 2 heterocycles. The lowest BCUT2D eigenvalue weighted by molar-refractivity contribution is 0.453. The standard InChI is InChI=1S/C14H19NOS/c1-2-8-15-14(12-7-10-17-11-12)6-5-13-4-3-9-16-13/h3-4,7,9-11,14-15H,2,5-6,8H2,1H3. The molecule has 1 N–H and O–H groups in total. The molecule has 1 unspecified atom stereocenters. The molecule has 0 aromatic carbocycles. The van der Waals surface area contributed by atoms with E-state index in [1.54, 1.807) is 17.6 Å². The van der Waals surface area contributed by atoms with Crippen LogP contribution in [0.3, 0.4) is 0 Å². The second kappa shape index (κ2) is 6.62. The molecule has 0 spiro atoms. The molecule has 2 aromatic rings. The van der Waals surface area contributed by atoms with Gasteiger partial charge in [0.15, 0.2) is 0 Å². The van der Waals surface area contributed by atoms with E-state index >= 15 is 0 Å². The Labute approximate surface area is 107 Å². The fourth-order valence-electron chi connectivity index (χ4n) is 1.92. The third-order valence-electron chi connectivity index (χ3n) is 2.85. The van der Waals surface area contributed by atoms with Crippen molar-refractivity contribution >= 4 is 11.3 Å². The highest BCUT2D eigenvalue weighted by molar-refractivity contribution is 7.07. The highest BCUT2D eigenvalue weighted by Gasteiger charge is 2.11. The van der Waals surface area contributed by atoms with Crippen LogP contribution < -0.4 is 5.32 Å². The maximum Gasteiger partial charge on any atom is 0.103 e. The smallest absolute Gasteiger partial charge is 0.103 e. The summed E-state index contributed by atoms with van der Waals surface area (Å²) in [6.45, 7) is 3.27. The van der Waals surface area contributed by atoms with Crippen molar-refractivity contribution in [1.29, 1.82) is 0 Å². The third kappa shape index (κ3) is 3.72. The van der Waals surface area contributed by atoms with Crippen LogP contribution in [0.15, 0.2) is 39.6 Å². The summed E-state index contributed by atoms with van der Waals surface area (Å²) in [5, 5.41) is 7.97. The minimum Gasteiger partial charge on any atom is -0.469 e. The summed E-state index contributed by atoms with van der Waals surface area (Å²) in [5.41, 5.74) is 1.40. The van der Waals surface area contributed by atoms with Crippen molar-refractivity contribution in [2.45, 2.75) is 32.2 Å². The van der Waals surface area contributed by atoms with E-state index in [0.29, 0.717) is 6.04 Å². The number of rotatable bonds is 7. The molecule has 2 nitrogen and oxygen atoms in total. The minimum atomic E-state index is 0.450. The molecule has 1 atom stereocenters. The zero-order chi connectivity index (χ0) is 11.9. The SMILES string of the molecule is CCCNC(CCc1ccco1)c1ccsc1. The van der Waals surface area contributed by atoms with Crippen molar-refractivity contribution in [1.82, 2.24) is 5.32 Å². The molecule has 0 saturated carbocycles. The first-order valence-corrected chi connectivity index (χ1v) is 7.12. The molecule has 0 fully saturated rings. The number of hydrogen-bond donors (Lipinski definition) is 1. The van der Waals surface area contributed by atoms with Crippen molar-refractivity contribution in [3.8, 4) is 0 Å². The van der Waals surface area contributed by atoms with Crippen molar-refractivity contribution in [3.05, 3.63) is 46.5 Å². The fraction of sp³-hybridized carbons (Fsp3) is 0.429. The van der Waals surface area contributed by atoms with Crippen LogP contribution in [0.25, 0.3) is 0 Å². The van der Waals surface area contributed by atoms with E-state index in [-0.39, 0.29) is 0 Å². The minimum absolute atomic E-state index is 0.450. The van der Waals surface area contributed by atoms with Crippen LogP contribution in [-0.2, 0) is 6.42 Å². The van der Waals surface area contributed by atoms with Crippen LogP contribution in [-0.4, -0.2) is 6.54 Å². The lowest BCUT2D eigenvalue weighted by Gasteiger charge is -2.16. The van der Waals surface area contributed by atoms with Gasteiger partial charge >= 0.3 is 0 Å². The highest BCUT2D eigenvalue weighted by atomic mass is 32.1. The number of furan rings is 1. The van der Waals surface area contributed by atoms with Crippen LogP contribution >= 0.6 is 11.3 Å². The molecule has 0 saturated heterocycles. The van der Waals surface area contributed by atoms with Crippen LogP contribution in [0.1, 0.15) is 37.1 Å². The molecular weight excluding hydrogens is 230 g/mol. The number of thiophene rings is 1. The van der Waals surface area contributed by atoms with Crippen molar-refractivity contribution in [3.63, 3.8) is 0 Å². The summed E-state index contributed by atoms with van der Waals surface area (Å²) in [6, 6.07) is 6.66. The van der Waals surface area contributed by atoms with E-state index in [2.05, 4.69) is 29.1 Å². The Morgan fingerprint density at radius 1 is 1.41 bits per heavy atom. The summed E-state index contributed by atoms with van der Waals surface area (Å²) < 4.78 is 5.38. The molecule has 2 rings (SSSR count). The largest absolute Gasteiger partial charge is 0.469 e. The van der Waals surface area contributed by atoms with Crippen LogP contribution in [0, 0.1) is 0 Å². The molecular formula is C14H19NOS. The maximum atomic E-state index is 5.38. The normalized spacial score (nSPS) is 12.8. The Kier molecular flexibility index (Phi) is 4.83. The van der Waals surface area contributed by atoms with Gasteiger partial charge in [0.1, 0.15) is 5.76 Å². The van der Waals surface area contributed by atoms with Gasteiger partial charge in [-0.25, -0.2) is 0 Å². The molecule has 92 valence electrons. The van der Waals surface area contributed by atoms with Crippen LogP contribution in [0.2, 0.25) is 0 Å². The number of aryl methyl sites for hydroxylation is 1. The van der Waals surface area contributed by atoms with Gasteiger partial charge in [0.25, 0.3) is 0 Å². The summed E-state index contributed by atoms with van der Waals surface area (Å²) in [6.07, 6.45) is 4.99. The summed E-state index contributed by atoms with van der Waals surface area (Å²) in [4.78, 5) is 0. The molecule has 2 aromatic heterocycles. The predicted octanol–water partition coefficient (Wildman–Crippen LogP) is 4.01. The Morgan fingerprint density at radius 2 is 2.35 bits per heavy atom. The monoisotopic (exact) mass is 249 g/mol. The van der Waals surface area contributed by atoms with Gasteiger partial charge in [-0.3, -0.25) is 0 Å². The van der Waals surface area contributed by atoms with Gasteiger partial charge < -0.3 is 9.73 Å². The van der Waals surface area contributed by atoms with Gasteiger partial charge in [-0.2, -0.15) is 11.3 Å². The van der Waals surface area contributed by atoms with Crippen LogP contribution in [0.5, 0.6) is 0 Å². The molecule has 0 aliphatic heterocycles. The molecule has 3 heteroatoms. The third-order valence-corrected chi connectivity index (χ3v) is 3.55. The number of nitrogens with one attached hydrogen (secondary N) is 1. The topological polar surface area (TPSA) is 25.2 Å². The second-order valence-corrected chi connectivity index (χ2v) is 4.96. The first-order chi connectivity index (χ1) is 8.40. The van der Waals surface area contributed by atoms with E-state index in [0.717, 1.165) is 25.1 Å². The van der Waals surface area contributed by atoms with Crippen molar-refractivity contribution < 1.29 is 4.42 Å². The Morgan fingerprint density at radius 3 is 3.00 bits per heavy atom. The zero-order valence-electron chi connectivity index (χ0n) is 10.2. The average molecular weight is 249 g/mol. The van der Waals surface area contributed by atoms with Gasteiger partial charge in [0, 0.05) is 12.5 Å². The Hall–Kier alpha value is -1.06. The molecule has 17 heavy (non-hydrogen) atoms. The quantitative estimate of drug-likeness (QED) is 0.802. The lowest BCUT2D eigenvalue weighted by Crippen LogP contribution is -2.22. The summed E-state index contributed by atoms with van der Waals surface area (Å²) >= 11 is 1.76. The van der Waals surface area contributed by atoms with Crippen molar-refractivity contribution in [2.24, 2.45) is 0 Å². The van der Waals surface area contributed by atoms with E-state index < -0.39 is 0 Å². The van der Waals surface area contributed by atoms with Gasteiger partial charge in [0.2, 0.25) is 0 Å². The van der Waals surface area contributed by atoms with Gasteiger partial charge in [-0.05, 0) is 53.9 Å². The average Bonchev–Trinajstić information content (AvgIpc) is 3.01. The van der Waals surface area contributed by atoms with E-state index in [9.17, 15) is 0 Å². The first kappa shape index (κ1) is 12.4. The van der Waals surface area contributed by atoms with E-state index in [1.165, 1.54) is 12.0 Å². The fourth-order valence-corrected chi connectivity index (χ4v) is 2.63. The van der Waals surface area contributed by atoms with Gasteiger partial charge in [-0.1, -0.05) is 6.92 Å². The van der Waals surface area contributed by atoms with Gasteiger partial charge in [0.05, 0.1) is 6.26 Å². The Bertz CT molecular complexity index is 394. The summed E-state index contributed by atoms with van der Waals surface area (Å²) in [5.74, 6) is 1.07. The molecule has 0 radical (unpaired) electrons. The molecule has 0 aliphatic carbocycles. The zero-order valence-corrected chi connectivity index (χ0v) is 11.0. The molecule has 0 aliphatic rings. The summed E-state index contributed by atoms with van der Waals surface area (Å²) in [7, 11) is 0. The highest BCUT2D eigenvalue weighted by Crippen LogP contribution is 2.21. The Balaban J connectivity index is 1.91. The predicted molar refractivity (Wildman–Crippen MR) is 72.4 cm³/mol. The van der Waals surface area contributed by atoms with E-state index in [1.807, 2.05) is 12.1 Å². The molecule has 0 amide bonds. The second-order valence-electron chi connectivity index (χ2n) is 4.18. The van der Waals surface area contributed by atoms with E-state index in [4.69, 9.17) is 4.42 Å². The number of hydrogen-bond acceptors (Lipinski definition) is 3. The first-order valence-electron chi connectivity index (χ1n) is 6.18.